The molecule has 2 amide bonds. The summed E-state index contributed by atoms with van der Waals surface area (Å²) in [5.41, 5.74) is 1.87. The molecule has 0 spiro atoms. The van der Waals surface area contributed by atoms with Gasteiger partial charge in [0.2, 0.25) is 5.91 Å². The molecule has 1 aromatic heterocycles. The lowest BCUT2D eigenvalue weighted by Crippen LogP contribution is -2.40. The third-order valence-electron chi connectivity index (χ3n) is 6.73. The maximum atomic E-state index is 13.4. The van der Waals surface area contributed by atoms with Gasteiger partial charge in [-0.1, -0.05) is 23.7 Å². The third kappa shape index (κ3) is 4.28. The number of H-pyrrole nitrogens is 1. The number of hydrogen-bond acceptors (Lipinski definition) is 6. The first-order chi connectivity index (χ1) is 16.5. The average molecular weight is 481 g/mol. The average Bonchev–Trinajstić information content (AvgIpc) is 3.50. The van der Waals surface area contributed by atoms with E-state index in [4.69, 9.17) is 16.3 Å². The van der Waals surface area contributed by atoms with Crippen molar-refractivity contribution < 1.29 is 14.3 Å². The fraction of sp³-hybridized carbons (Fsp3) is 0.375. The highest BCUT2D eigenvalue weighted by Crippen LogP contribution is 2.49. The molecule has 1 aliphatic carbocycles. The summed E-state index contributed by atoms with van der Waals surface area (Å²) < 4.78 is 5.42. The van der Waals surface area contributed by atoms with Crippen LogP contribution in [0.2, 0.25) is 5.02 Å². The number of anilines is 1. The summed E-state index contributed by atoms with van der Waals surface area (Å²) in [4.78, 5) is 28.4. The molecule has 2 fully saturated rings. The first-order valence-corrected chi connectivity index (χ1v) is 11.7. The van der Waals surface area contributed by atoms with Gasteiger partial charge in [0.15, 0.2) is 5.82 Å². The van der Waals surface area contributed by atoms with Gasteiger partial charge in [0, 0.05) is 42.6 Å². The van der Waals surface area contributed by atoms with E-state index in [1.807, 2.05) is 18.2 Å². The number of aromatic amines is 1. The first-order valence-electron chi connectivity index (χ1n) is 11.3. The van der Waals surface area contributed by atoms with Gasteiger partial charge in [-0.3, -0.25) is 9.59 Å². The maximum absolute atomic E-state index is 13.4. The van der Waals surface area contributed by atoms with E-state index in [2.05, 4.69) is 25.9 Å². The van der Waals surface area contributed by atoms with Crippen LogP contribution in [0.1, 0.15) is 41.6 Å². The Hall–Kier alpha value is -3.30. The van der Waals surface area contributed by atoms with Crippen LogP contribution in [0.3, 0.4) is 0 Å². The summed E-state index contributed by atoms with van der Waals surface area (Å²) in [6.07, 6.45) is 3.09. The minimum atomic E-state index is -0.587. The SMILES string of the molecule is CN(C(=O)c1ccc(NC(=O)C2(c3cccc(Cl)c3)CC2)cc1-c1nnn[nH]1)C1CCOCC1. The summed E-state index contributed by atoms with van der Waals surface area (Å²) in [6, 6.07) is 12.7. The molecule has 0 radical (unpaired) electrons. The maximum Gasteiger partial charge on any atom is 0.254 e. The minimum Gasteiger partial charge on any atom is -0.381 e. The lowest BCUT2D eigenvalue weighted by Gasteiger charge is -2.31. The minimum absolute atomic E-state index is 0.102. The molecule has 2 aromatic carbocycles. The van der Waals surface area contributed by atoms with Crippen LogP contribution in [0, 0.1) is 0 Å². The van der Waals surface area contributed by atoms with Crippen molar-refractivity contribution in [3.05, 3.63) is 58.6 Å². The highest BCUT2D eigenvalue weighted by atomic mass is 35.5. The van der Waals surface area contributed by atoms with Crippen molar-refractivity contribution in [3.63, 3.8) is 0 Å². The molecule has 34 heavy (non-hydrogen) atoms. The quantitative estimate of drug-likeness (QED) is 0.558. The molecule has 10 heteroatoms. The van der Waals surface area contributed by atoms with E-state index in [-0.39, 0.29) is 17.9 Å². The Morgan fingerprint density at radius 3 is 2.65 bits per heavy atom. The van der Waals surface area contributed by atoms with Crippen LogP contribution < -0.4 is 5.32 Å². The number of carbonyl (C=O) groups excluding carboxylic acids is 2. The fourth-order valence-corrected chi connectivity index (χ4v) is 4.70. The topological polar surface area (TPSA) is 113 Å². The molecule has 5 rings (SSSR count). The predicted octanol–water partition coefficient (Wildman–Crippen LogP) is 3.44. The Balaban J connectivity index is 1.42. The number of rotatable bonds is 6. The number of ether oxygens (including phenoxy) is 1. The summed E-state index contributed by atoms with van der Waals surface area (Å²) >= 11 is 6.15. The van der Waals surface area contributed by atoms with Gasteiger partial charge in [0.25, 0.3) is 5.91 Å². The van der Waals surface area contributed by atoms with Crippen molar-refractivity contribution >= 4 is 29.1 Å². The van der Waals surface area contributed by atoms with E-state index in [1.165, 1.54) is 0 Å². The molecule has 9 nitrogen and oxygen atoms in total. The summed E-state index contributed by atoms with van der Waals surface area (Å²) in [6.45, 7) is 1.28. The number of carbonyl (C=O) groups is 2. The lowest BCUT2D eigenvalue weighted by molar-refractivity contribution is -0.118. The van der Waals surface area contributed by atoms with Crippen molar-refractivity contribution in [3.8, 4) is 11.4 Å². The van der Waals surface area contributed by atoms with E-state index in [1.54, 1.807) is 36.2 Å². The first kappa shape index (κ1) is 22.5. The third-order valence-corrected chi connectivity index (χ3v) is 6.96. The van der Waals surface area contributed by atoms with Gasteiger partial charge in [-0.05, 0) is 72.0 Å². The van der Waals surface area contributed by atoms with Gasteiger partial charge in [0.05, 0.1) is 11.0 Å². The van der Waals surface area contributed by atoms with Crippen molar-refractivity contribution in [1.82, 2.24) is 25.5 Å². The summed E-state index contributed by atoms with van der Waals surface area (Å²) in [5, 5.41) is 17.7. The van der Waals surface area contributed by atoms with Crippen LogP contribution in [-0.2, 0) is 14.9 Å². The standard InChI is InChI=1S/C24H25ClN6O3/c1-31(18-7-11-34-12-8-18)22(32)19-6-5-17(14-20(19)21-27-29-30-28-21)26-23(33)24(9-10-24)15-3-2-4-16(25)13-15/h2-6,13-14,18H,7-12H2,1H3,(H,26,33)(H,27,28,29,30). The van der Waals surface area contributed by atoms with Crippen LogP contribution in [-0.4, -0.2) is 63.6 Å². The van der Waals surface area contributed by atoms with Gasteiger partial charge in [0.1, 0.15) is 0 Å². The molecule has 2 heterocycles. The molecular formula is C24H25ClN6O3. The second-order valence-corrected chi connectivity index (χ2v) is 9.25. The molecule has 2 aliphatic rings. The number of tetrazole rings is 1. The zero-order chi connectivity index (χ0) is 23.7. The predicted molar refractivity (Wildman–Crippen MR) is 127 cm³/mol. The Morgan fingerprint density at radius 1 is 1.18 bits per heavy atom. The molecule has 176 valence electrons. The Labute approximate surface area is 201 Å². The molecule has 0 unspecified atom stereocenters. The molecule has 0 bridgehead atoms. The Kier molecular flexibility index (Phi) is 6.05. The van der Waals surface area contributed by atoms with Gasteiger partial charge < -0.3 is 15.0 Å². The molecule has 1 saturated carbocycles. The zero-order valence-electron chi connectivity index (χ0n) is 18.8. The summed E-state index contributed by atoms with van der Waals surface area (Å²) in [5.74, 6) is 0.124. The van der Waals surface area contributed by atoms with Gasteiger partial charge >= 0.3 is 0 Å². The monoisotopic (exact) mass is 480 g/mol. The van der Waals surface area contributed by atoms with E-state index in [0.29, 0.717) is 40.9 Å². The largest absolute Gasteiger partial charge is 0.381 e. The zero-order valence-corrected chi connectivity index (χ0v) is 19.5. The van der Waals surface area contributed by atoms with Crippen molar-refractivity contribution in [2.45, 2.75) is 37.1 Å². The van der Waals surface area contributed by atoms with Crippen molar-refractivity contribution in [2.75, 3.05) is 25.6 Å². The Bertz CT molecular complexity index is 1210. The van der Waals surface area contributed by atoms with E-state index in [0.717, 1.165) is 31.2 Å². The number of halogens is 1. The van der Waals surface area contributed by atoms with E-state index < -0.39 is 5.41 Å². The lowest BCUT2D eigenvalue weighted by atomic mass is 9.94. The number of amides is 2. The number of hydrogen-bond donors (Lipinski definition) is 2. The van der Waals surface area contributed by atoms with Crippen LogP contribution in [0.25, 0.3) is 11.4 Å². The molecular weight excluding hydrogens is 456 g/mol. The second-order valence-electron chi connectivity index (χ2n) is 8.82. The van der Waals surface area contributed by atoms with Crippen LogP contribution in [0.4, 0.5) is 5.69 Å². The van der Waals surface area contributed by atoms with Gasteiger partial charge in [-0.2, -0.15) is 0 Å². The molecule has 1 aliphatic heterocycles. The van der Waals surface area contributed by atoms with E-state index >= 15 is 0 Å². The fourth-order valence-electron chi connectivity index (χ4n) is 4.51. The normalized spacial score (nSPS) is 17.2. The molecule has 1 saturated heterocycles. The smallest absolute Gasteiger partial charge is 0.254 e. The van der Waals surface area contributed by atoms with Gasteiger partial charge in [-0.15, -0.1) is 5.10 Å². The summed E-state index contributed by atoms with van der Waals surface area (Å²) in [7, 11) is 1.80. The van der Waals surface area contributed by atoms with Crippen molar-refractivity contribution in [1.29, 1.82) is 0 Å². The number of nitrogens with one attached hydrogen (secondary N) is 2. The number of benzene rings is 2. The number of nitrogens with zero attached hydrogens (tertiary/aromatic N) is 4. The van der Waals surface area contributed by atoms with Gasteiger partial charge in [-0.25, -0.2) is 5.10 Å². The highest BCUT2D eigenvalue weighted by molar-refractivity contribution is 6.30. The molecule has 3 aromatic rings. The highest BCUT2D eigenvalue weighted by Gasteiger charge is 2.51. The van der Waals surface area contributed by atoms with Crippen LogP contribution >= 0.6 is 11.6 Å². The second kappa shape index (κ2) is 9.15. The molecule has 2 N–H and O–H groups in total. The molecule has 0 atom stereocenters. The Morgan fingerprint density at radius 2 is 1.97 bits per heavy atom. The number of aromatic nitrogens is 4. The van der Waals surface area contributed by atoms with Crippen LogP contribution in [0.5, 0.6) is 0 Å². The van der Waals surface area contributed by atoms with Crippen LogP contribution in [0.15, 0.2) is 42.5 Å². The van der Waals surface area contributed by atoms with E-state index in [9.17, 15) is 9.59 Å². The van der Waals surface area contributed by atoms with Crippen molar-refractivity contribution in [2.24, 2.45) is 0 Å².